The Morgan fingerprint density at radius 3 is 2.31 bits per heavy atom. The molecular formula is C14H17BrO. The van der Waals surface area contributed by atoms with Crippen molar-refractivity contribution >= 4 is 22.2 Å². The lowest BCUT2D eigenvalue weighted by atomic mass is 9.77. The van der Waals surface area contributed by atoms with Crippen LogP contribution in [-0.4, -0.2) is 6.29 Å². The van der Waals surface area contributed by atoms with Crippen LogP contribution in [0.2, 0.25) is 0 Å². The largest absolute Gasteiger partial charge is 0.301 e. The molecule has 2 rings (SSSR count). The summed E-state index contributed by atoms with van der Waals surface area (Å²) in [4.78, 5) is 11.5. The first kappa shape index (κ1) is 11.8. The summed E-state index contributed by atoms with van der Waals surface area (Å²) in [6.07, 6.45) is 7.20. The minimum Gasteiger partial charge on any atom is -0.301 e. The predicted molar refractivity (Wildman–Crippen MR) is 69.7 cm³/mol. The second-order valence-corrected chi connectivity index (χ2v) is 5.90. The lowest BCUT2D eigenvalue weighted by Crippen LogP contribution is -2.32. The first-order valence-electron chi connectivity index (χ1n) is 5.98. The van der Waals surface area contributed by atoms with Crippen LogP contribution in [0.15, 0.2) is 30.3 Å². The molecule has 0 aliphatic heterocycles. The van der Waals surface area contributed by atoms with Crippen LogP contribution in [0.5, 0.6) is 0 Å². The number of aldehydes is 1. The van der Waals surface area contributed by atoms with Crippen molar-refractivity contribution < 1.29 is 4.79 Å². The SMILES string of the molecule is O=C[C@@](Br)(c1ccccc1)C1CCCCC1. The number of alkyl halides is 1. The number of hydrogen-bond acceptors (Lipinski definition) is 1. The van der Waals surface area contributed by atoms with Gasteiger partial charge in [-0.25, -0.2) is 0 Å². The molecule has 1 atom stereocenters. The van der Waals surface area contributed by atoms with Gasteiger partial charge in [0, 0.05) is 0 Å². The van der Waals surface area contributed by atoms with Gasteiger partial charge in [0.1, 0.15) is 10.6 Å². The molecule has 0 unspecified atom stereocenters. The van der Waals surface area contributed by atoms with Crippen LogP contribution in [0.1, 0.15) is 37.7 Å². The summed E-state index contributed by atoms with van der Waals surface area (Å²) in [5.74, 6) is 0.446. The normalized spacial score (nSPS) is 21.3. The zero-order valence-corrected chi connectivity index (χ0v) is 10.9. The number of rotatable bonds is 3. The van der Waals surface area contributed by atoms with Gasteiger partial charge >= 0.3 is 0 Å². The van der Waals surface area contributed by atoms with Crippen molar-refractivity contribution in [1.29, 1.82) is 0 Å². The molecule has 0 heterocycles. The maximum absolute atomic E-state index is 11.5. The van der Waals surface area contributed by atoms with E-state index in [0.717, 1.165) is 24.7 Å². The van der Waals surface area contributed by atoms with Crippen molar-refractivity contribution in [2.75, 3.05) is 0 Å². The summed E-state index contributed by atoms with van der Waals surface area (Å²) in [5.41, 5.74) is 1.09. The summed E-state index contributed by atoms with van der Waals surface area (Å²) in [6, 6.07) is 10.1. The van der Waals surface area contributed by atoms with Gasteiger partial charge in [0.05, 0.1) is 0 Å². The Balaban J connectivity index is 2.27. The number of hydrogen-bond donors (Lipinski definition) is 0. The van der Waals surface area contributed by atoms with Crippen LogP contribution in [0, 0.1) is 5.92 Å². The van der Waals surface area contributed by atoms with Gasteiger partial charge in [-0.2, -0.15) is 0 Å². The third-order valence-electron chi connectivity index (χ3n) is 3.59. The number of benzene rings is 1. The zero-order valence-electron chi connectivity index (χ0n) is 9.36. The first-order valence-corrected chi connectivity index (χ1v) is 6.77. The van der Waals surface area contributed by atoms with E-state index in [0.29, 0.717) is 5.92 Å². The second-order valence-electron chi connectivity index (χ2n) is 4.59. The Hall–Kier alpha value is -0.630. The summed E-state index contributed by atoms with van der Waals surface area (Å²) < 4.78 is -0.464. The lowest BCUT2D eigenvalue weighted by molar-refractivity contribution is -0.111. The molecule has 1 aliphatic carbocycles. The molecule has 1 aromatic rings. The Morgan fingerprint density at radius 2 is 1.75 bits per heavy atom. The van der Waals surface area contributed by atoms with Crippen molar-refractivity contribution in [3.8, 4) is 0 Å². The van der Waals surface area contributed by atoms with Crippen LogP contribution in [0.25, 0.3) is 0 Å². The number of carbonyl (C=O) groups is 1. The molecule has 0 aromatic heterocycles. The minimum atomic E-state index is -0.464. The highest BCUT2D eigenvalue weighted by Crippen LogP contribution is 2.44. The van der Waals surface area contributed by atoms with E-state index in [-0.39, 0.29) is 0 Å². The maximum Gasteiger partial charge on any atom is 0.141 e. The van der Waals surface area contributed by atoms with Crippen molar-refractivity contribution in [2.45, 2.75) is 36.4 Å². The Labute approximate surface area is 105 Å². The molecule has 0 amide bonds. The highest BCUT2D eigenvalue weighted by molar-refractivity contribution is 9.10. The summed E-state index contributed by atoms with van der Waals surface area (Å²) >= 11 is 3.69. The van der Waals surface area contributed by atoms with E-state index in [9.17, 15) is 4.79 Å². The number of carbonyl (C=O) groups excluding carboxylic acids is 1. The molecule has 2 heteroatoms. The van der Waals surface area contributed by atoms with Crippen molar-refractivity contribution in [2.24, 2.45) is 5.92 Å². The Kier molecular flexibility index (Phi) is 3.80. The Morgan fingerprint density at radius 1 is 1.12 bits per heavy atom. The van der Waals surface area contributed by atoms with Crippen LogP contribution in [0.4, 0.5) is 0 Å². The molecule has 0 saturated heterocycles. The highest BCUT2D eigenvalue weighted by atomic mass is 79.9. The van der Waals surface area contributed by atoms with Gasteiger partial charge in [0.25, 0.3) is 0 Å². The summed E-state index contributed by atoms with van der Waals surface area (Å²) in [6.45, 7) is 0. The lowest BCUT2D eigenvalue weighted by Gasteiger charge is -2.34. The van der Waals surface area contributed by atoms with Gasteiger partial charge in [-0.1, -0.05) is 65.5 Å². The molecule has 1 aliphatic rings. The molecule has 1 saturated carbocycles. The van der Waals surface area contributed by atoms with Crippen LogP contribution in [0.3, 0.4) is 0 Å². The topological polar surface area (TPSA) is 17.1 Å². The van der Waals surface area contributed by atoms with E-state index in [4.69, 9.17) is 0 Å². The number of halogens is 1. The standard InChI is InChI=1S/C14H17BrO/c15-14(11-16,12-7-3-1-4-8-12)13-9-5-2-6-10-13/h1,3-4,7-8,11,13H,2,5-6,9-10H2/t14-/m1/s1. The minimum absolute atomic E-state index is 0.446. The first-order chi connectivity index (χ1) is 7.77. The molecule has 86 valence electrons. The van der Waals surface area contributed by atoms with E-state index in [1.54, 1.807) is 0 Å². The average molecular weight is 281 g/mol. The smallest absolute Gasteiger partial charge is 0.141 e. The van der Waals surface area contributed by atoms with Gasteiger partial charge in [-0.05, 0) is 24.3 Å². The molecule has 0 bridgehead atoms. The molecule has 0 spiro atoms. The van der Waals surface area contributed by atoms with Gasteiger partial charge in [0.15, 0.2) is 0 Å². The predicted octanol–water partition coefficient (Wildman–Crippen LogP) is 4.06. The van der Waals surface area contributed by atoms with Crippen molar-refractivity contribution in [3.05, 3.63) is 35.9 Å². The van der Waals surface area contributed by atoms with Gasteiger partial charge in [-0.3, -0.25) is 0 Å². The summed E-state index contributed by atoms with van der Waals surface area (Å²) in [7, 11) is 0. The zero-order chi connectivity index (χ0) is 11.4. The van der Waals surface area contributed by atoms with E-state index >= 15 is 0 Å². The second kappa shape index (κ2) is 5.13. The van der Waals surface area contributed by atoms with Crippen molar-refractivity contribution in [3.63, 3.8) is 0 Å². The molecule has 1 aromatic carbocycles. The van der Waals surface area contributed by atoms with Gasteiger partial charge in [-0.15, -0.1) is 0 Å². The van der Waals surface area contributed by atoms with E-state index in [2.05, 4.69) is 15.9 Å². The Bertz CT molecular complexity index is 343. The fourth-order valence-corrected chi connectivity index (χ4v) is 3.34. The average Bonchev–Trinajstić information content (AvgIpc) is 2.40. The fraction of sp³-hybridized carbons (Fsp3) is 0.500. The van der Waals surface area contributed by atoms with Gasteiger partial charge in [0.2, 0.25) is 0 Å². The quantitative estimate of drug-likeness (QED) is 0.603. The molecule has 1 nitrogen and oxygen atoms in total. The third-order valence-corrected chi connectivity index (χ3v) is 4.88. The molecule has 1 fully saturated rings. The third kappa shape index (κ3) is 2.22. The monoisotopic (exact) mass is 280 g/mol. The maximum atomic E-state index is 11.5. The van der Waals surface area contributed by atoms with Crippen LogP contribution >= 0.6 is 15.9 Å². The molecule has 0 N–H and O–H groups in total. The van der Waals surface area contributed by atoms with Crippen LogP contribution in [-0.2, 0) is 9.12 Å². The molecule has 0 radical (unpaired) electrons. The fourth-order valence-electron chi connectivity index (χ4n) is 2.62. The molecule has 16 heavy (non-hydrogen) atoms. The summed E-state index contributed by atoms with van der Waals surface area (Å²) in [5, 5.41) is 0. The molecular weight excluding hydrogens is 264 g/mol. The van der Waals surface area contributed by atoms with E-state index < -0.39 is 4.32 Å². The van der Waals surface area contributed by atoms with E-state index in [1.165, 1.54) is 19.3 Å². The van der Waals surface area contributed by atoms with Gasteiger partial charge < -0.3 is 4.79 Å². The van der Waals surface area contributed by atoms with Crippen LogP contribution < -0.4 is 0 Å². The van der Waals surface area contributed by atoms with E-state index in [1.807, 2.05) is 30.3 Å². The van der Waals surface area contributed by atoms with Crippen molar-refractivity contribution in [1.82, 2.24) is 0 Å². The highest BCUT2D eigenvalue weighted by Gasteiger charge is 2.38.